The van der Waals surface area contributed by atoms with Gasteiger partial charge in [-0.25, -0.2) is 8.78 Å². The first-order valence-corrected chi connectivity index (χ1v) is 7.92. The molecule has 0 spiro atoms. The van der Waals surface area contributed by atoms with Crippen molar-refractivity contribution >= 4 is 21.8 Å². The zero-order chi connectivity index (χ0) is 14.8. The molecule has 1 fully saturated rings. The number of benzene rings is 1. The van der Waals surface area contributed by atoms with Gasteiger partial charge < -0.3 is 5.32 Å². The predicted molar refractivity (Wildman–Crippen MR) is 78.0 cm³/mol. The van der Waals surface area contributed by atoms with Gasteiger partial charge in [-0.15, -0.1) is 0 Å². The van der Waals surface area contributed by atoms with Gasteiger partial charge >= 0.3 is 0 Å². The van der Waals surface area contributed by atoms with Crippen LogP contribution in [0.3, 0.4) is 0 Å². The molecule has 1 saturated carbocycles. The van der Waals surface area contributed by atoms with Crippen LogP contribution in [0.2, 0.25) is 0 Å². The van der Waals surface area contributed by atoms with E-state index in [1.807, 2.05) is 0 Å². The number of amides is 1. The molecule has 5 heteroatoms. The average molecular weight is 346 g/mol. The summed E-state index contributed by atoms with van der Waals surface area (Å²) in [7, 11) is 0. The molecule has 1 aromatic carbocycles. The Kier molecular flexibility index (Phi) is 4.78. The quantitative estimate of drug-likeness (QED) is 0.823. The highest BCUT2D eigenvalue weighted by molar-refractivity contribution is 9.09. The SMILES string of the molecule is CC1CCCC(CBr)(NC(=O)c2c(F)cccc2F)C1. The lowest BCUT2D eigenvalue weighted by Crippen LogP contribution is -2.52. The molecule has 2 unspecified atom stereocenters. The van der Waals surface area contributed by atoms with Crippen LogP contribution in [0.5, 0.6) is 0 Å². The third-order valence-corrected chi connectivity index (χ3v) is 4.99. The molecule has 0 bridgehead atoms. The molecule has 0 aliphatic heterocycles. The van der Waals surface area contributed by atoms with Crippen LogP contribution >= 0.6 is 15.9 Å². The summed E-state index contributed by atoms with van der Waals surface area (Å²) in [5, 5.41) is 3.43. The summed E-state index contributed by atoms with van der Waals surface area (Å²) < 4.78 is 27.3. The van der Waals surface area contributed by atoms with E-state index < -0.39 is 28.6 Å². The second kappa shape index (κ2) is 6.20. The fraction of sp³-hybridized carbons (Fsp3) is 0.533. The van der Waals surface area contributed by atoms with E-state index >= 15 is 0 Å². The summed E-state index contributed by atoms with van der Waals surface area (Å²) in [6, 6.07) is 3.45. The molecule has 0 radical (unpaired) electrons. The van der Waals surface area contributed by atoms with Gasteiger partial charge in [-0.3, -0.25) is 4.79 Å². The number of halogens is 3. The molecule has 1 aliphatic rings. The van der Waals surface area contributed by atoms with Crippen LogP contribution in [-0.4, -0.2) is 16.8 Å². The number of hydrogen-bond donors (Lipinski definition) is 1. The second-order valence-corrected chi connectivity index (χ2v) is 6.23. The van der Waals surface area contributed by atoms with Gasteiger partial charge in [-0.2, -0.15) is 0 Å². The summed E-state index contributed by atoms with van der Waals surface area (Å²) >= 11 is 3.43. The highest BCUT2D eigenvalue weighted by Gasteiger charge is 2.36. The van der Waals surface area contributed by atoms with Crippen molar-refractivity contribution in [2.45, 2.75) is 38.1 Å². The lowest BCUT2D eigenvalue weighted by Gasteiger charge is -2.39. The van der Waals surface area contributed by atoms with Crippen LogP contribution in [0.25, 0.3) is 0 Å². The minimum Gasteiger partial charge on any atom is -0.346 e. The summed E-state index contributed by atoms with van der Waals surface area (Å²) in [6.45, 7) is 2.13. The number of alkyl halides is 1. The fourth-order valence-electron chi connectivity index (χ4n) is 2.95. The Bertz CT molecular complexity index is 488. The lowest BCUT2D eigenvalue weighted by atomic mass is 9.77. The molecule has 20 heavy (non-hydrogen) atoms. The van der Waals surface area contributed by atoms with Crippen LogP contribution in [0, 0.1) is 17.6 Å². The maximum Gasteiger partial charge on any atom is 0.257 e. The molecule has 0 saturated heterocycles. The topological polar surface area (TPSA) is 29.1 Å². The van der Waals surface area contributed by atoms with Crippen molar-refractivity contribution in [3.8, 4) is 0 Å². The predicted octanol–water partition coefficient (Wildman–Crippen LogP) is 4.04. The molecular formula is C15H18BrF2NO. The molecule has 0 aromatic heterocycles. The van der Waals surface area contributed by atoms with E-state index in [0.29, 0.717) is 11.2 Å². The maximum absolute atomic E-state index is 13.6. The molecule has 0 heterocycles. The van der Waals surface area contributed by atoms with Gasteiger partial charge in [0.05, 0.1) is 5.54 Å². The molecule has 2 atom stereocenters. The van der Waals surface area contributed by atoms with Gasteiger partial charge in [0, 0.05) is 5.33 Å². The zero-order valence-corrected chi connectivity index (χ0v) is 13.0. The molecule has 1 aromatic rings. The molecule has 1 aliphatic carbocycles. The van der Waals surface area contributed by atoms with Crippen molar-refractivity contribution in [3.63, 3.8) is 0 Å². The third kappa shape index (κ3) is 3.19. The molecule has 2 rings (SSSR count). The molecule has 1 N–H and O–H groups in total. The van der Waals surface area contributed by atoms with Crippen molar-refractivity contribution in [1.29, 1.82) is 0 Å². The van der Waals surface area contributed by atoms with Gasteiger partial charge in [-0.1, -0.05) is 41.8 Å². The Hall–Kier alpha value is -0.970. The highest BCUT2D eigenvalue weighted by atomic mass is 79.9. The number of nitrogens with one attached hydrogen (secondary N) is 1. The van der Waals surface area contributed by atoms with Crippen molar-refractivity contribution in [2.75, 3.05) is 5.33 Å². The van der Waals surface area contributed by atoms with Crippen molar-refractivity contribution < 1.29 is 13.6 Å². The van der Waals surface area contributed by atoms with Crippen LogP contribution < -0.4 is 5.32 Å². The Morgan fingerprint density at radius 2 is 2.10 bits per heavy atom. The van der Waals surface area contributed by atoms with E-state index in [-0.39, 0.29) is 0 Å². The summed E-state index contributed by atoms with van der Waals surface area (Å²) in [6.07, 6.45) is 3.77. The van der Waals surface area contributed by atoms with E-state index in [1.165, 1.54) is 6.07 Å². The van der Waals surface area contributed by atoms with E-state index in [2.05, 4.69) is 28.2 Å². The number of hydrogen-bond acceptors (Lipinski definition) is 1. The molecule has 110 valence electrons. The Morgan fingerprint density at radius 3 is 2.65 bits per heavy atom. The van der Waals surface area contributed by atoms with Gasteiger partial charge in [0.1, 0.15) is 17.2 Å². The van der Waals surface area contributed by atoms with Gasteiger partial charge in [0.2, 0.25) is 0 Å². The Labute approximate surface area is 126 Å². The number of carbonyl (C=O) groups excluding carboxylic acids is 1. The van der Waals surface area contributed by atoms with Crippen molar-refractivity contribution in [2.24, 2.45) is 5.92 Å². The number of rotatable bonds is 3. The largest absolute Gasteiger partial charge is 0.346 e. The monoisotopic (exact) mass is 345 g/mol. The first kappa shape index (κ1) is 15.4. The maximum atomic E-state index is 13.6. The van der Waals surface area contributed by atoms with E-state index in [1.54, 1.807) is 0 Å². The fourth-order valence-corrected chi connectivity index (χ4v) is 3.60. The highest BCUT2D eigenvalue weighted by Crippen LogP contribution is 2.34. The Morgan fingerprint density at radius 1 is 1.45 bits per heavy atom. The van der Waals surface area contributed by atoms with Gasteiger partial charge in [-0.05, 0) is 30.9 Å². The first-order valence-electron chi connectivity index (χ1n) is 6.80. The summed E-state index contributed by atoms with van der Waals surface area (Å²) in [5.74, 6) is -1.83. The summed E-state index contributed by atoms with van der Waals surface area (Å²) in [5.41, 5.74) is -0.908. The first-order chi connectivity index (χ1) is 9.47. The van der Waals surface area contributed by atoms with E-state index in [9.17, 15) is 13.6 Å². The number of carbonyl (C=O) groups is 1. The minimum absolute atomic E-state index is 0.413. The molecule has 1 amide bonds. The summed E-state index contributed by atoms with van der Waals surface area (Å²) in [4.78, 5) is 12.2. The zero-order valence-electron chi connectivity index (χ0n) is 11.4. The lowest BCUT2D eigenvalue weighted by molar-refractivity contribution is 0.0861. The normalized spacial score (nSPS) is 26.3. The van der Waals surface area contributed by atoms with Crippen LogP contribution in [0.1, 0.15) is 43.0 Å². The standard InChI is InChI=1S/C15H18BrF2NO/c1-10-4-3-7-15(8-10,9-16)19-14(20)13-11(17)5-2-6-12(13)18/h2,5-6,10H,3-4,7-9H2,1H3,(H,19,20). The minimum atomic E-state index is -0.823. The van der Waals surface area contributed by atoms with Gasteiger partial charge in [0.25, 0.3) is 5.91 Å². The van der Waals surface area contributed by atoms with Crippen molar-refractivity contribution in [3.05, 3.63) is 35.4 Å². The Balaban J connectivity index is 2.21. The molecular weight excluding hydrogens is 328 g/mol. The van der Waals surface area contributed by atoms with Crippen molar-refractivity contribution in [1.82, 2.24) is 5.32 Å². The van der Waals surface area contributed by atoms with Crippen LogP contribution in [-0.2, 0) is 0 Å². The third-order valence-electron chi connectivity index (χ3n) is 3.92. The molecule has 2 nitrogen and oxygen atoms in total. The van der Waals surface area contributed by atoms with E-state index in [0.717, 1.165) is 37.8 Å². The van der Waals surface area contributed by atoms with Gasteiger partial charge in [0.15, 0.2) is 0 Å². The van der Waals surface area contributed by atoms with E-state index in [4.69, 9.17) is 0 Å². The second-order valence-electron chi connectivity index (χ2n) is 5.67. The van der Waals surface area contributed by atoms with Crippen LogP contribution in [0.4, 0.5) is 8.78 Å². The average Bonchev–Trinajstić information content (AvgIpc) is 2.38. The van der Waals surface area contributed by atoms with Crippen LogP contribution in [0.15, 0.2) is 18.2 Å². The smallest absolute Gasteiger partial charge is 0.257 e.